The second kappa shape index (κ2) is 12.0. The lowest BCUT2D eigenvalue weighted by Gasteiger charge is -2.32. The van der Waals surface area contributed by atoms with Crippen LogP contribution >= 0.6 is 0 Å². The van der Waals surface area contributed by atoms with Crippen LogP contribution in [0.4, 0.5) is 0 Å². The van der Waals surface area contributed by atoms with E-state index < -0.39 is 0 Å². The van der Waals surface area contributed by atoms with Gasteiger partial charge in [-0.25, -0.2) is 0 Å². The first-order valence-corrected chi connectivity index (χ1v) is 8.22. The Kier molecular flexibility index (Phi) is 10.4. The van der Waals surface area contributed by atoms with E-state index in [0.717, 1.165) is 45.0 Å². The molecule has 1 saturated heterocycles. The molecule has 4 nitrogen and oxygen atoms in total. The fourth-order valence-electron chi connectivity index (χ4n) is 2.88. The van der Waals surface area contributed by atoms with Crippen LogP contribution in [0, 0.1) is 0 Å². The number of unbranched alkanes of at least 4 members (excludes halogenated alkanes) is 5. The van der Waals surface area contributed by atoms with Crippen molar-refractivity contribution in [1.82, 2.24) is 10.2 Å². The first kappa shape index (κ1) is 17.3. The van der Waals surface area contributed by atoms with Gasteiger partial charge in [-0.1, -0.05) is 32.1 Å². The summed E-state index contributed by atoms with van der Waals surface area (Å²) in [4.78, 5) is 23.4. The van der Waals surface area contributed by atoms with Gasteiger partial charge in [-0.3, -0.25) is 4.90 Å². The number of likely N-dealkylation sites (tertiary alicyclic amines) is 1. The van der Waals surface area contributed by atoms with Crippen LogP contribution in [0.5, 0.6) is 0 Å². The zero-order valence-corrected chi connectivity index (χ0v) is 12.7. The predicted molar refractivity (Wildman–Crippen MR) is 81.9 cm³/mol. The highest BCUT2D eigenvalue weighted by Crippen LogP contribution is 2.16. The maximum absolute atomic E-state index is 11.0. The summed E-state index contributed by atoms with van der Waals surface area (Å²) in [5.41, 5.74) is 0. The Morgan fingerprint density at radius 3 is 2.50 bits per heavy atom. The molecular weight excluding hydrogens is 252 g/mol. The average molecular weight is 282 g/mol. The average Bonchev–Trinajstić information content (AvgIpc) is 2.49. The molecule has 1 rings (SSSR count). The van der Waals surface area contributed by atoms with E-state index in [1.807, 2.05) is 0 Å². The van der Waals surface area contributed by atoms with Gasteiger partial charge in [0.25, 0.3) is 0 Å². The molecule has 20 heavy (non-hydrogen) atoms. The van der Waals surface area contributed by atoms with Crippen LogP contribution < -0.4 is 5.32 Å². The Hall–Kier alpha value is -0.740. The second-order valence-electron chi connectivity index (χ2n) is 5.73. The standard InChI is InChI=1S/C16H30N2O2/c19-14-11-17-10-6-3-1-2-4-7-12-18-13-8-5-9-16(18)15-20/h14-17H,1-13H2. The normalized spacial score (nSPS) is 19.9. The van der Waals surface area contributed by atoms with Gasteiger partial charge < -0.3 is 14.9 Å². The lowest BCUT2D eigenvalue weighted by molar-refractivity contribution is -0.113. The largest absolute Gasteiger partial charge is 0.310 e. The molecule has 0 aliphatic carbocycles. The van der Waals surface area contributed by atoms with Crippen molar-refractivity contribution < 1.29 is 9.59 Å². The number of rotatable bonds is 12. The van der Waals surface area contributed by atoms with E-state index in [1.165, 1.54) is 44.9 Å². The van der Waals surface area contributed by atoms with Crippen LogP contribution in [0.2, 0.25) is 0 Å². The third-order valence-electron chi connectivity index (χ3n) is 4.10. The summed E-state index contributed by atoms with van der Waals surface area (Å²) in [6.07, 6.45) is 13.0. The van der Waals surface area contributed by atoms with E-state index in [0.29, 0.717) is 6.54 Å². The van der Waals surface area contributed by atoms with Crippen molar-refractivity contribution in [3.05, 3.63) is 0 Å². The van der Waals surface area contributed by atoms with Crippen molar-refractivity contribution in [3.63, 3.8) is 0 Å². The third-order valence-corrected chi connectivity index (χ3v) is 4.10. The molecule has 1 fully saturated rings. The lowest BCUT2D eigenvalue weighted by Crippen LogP contribution is -2.40. The minimum atomic E-state index is 0.188. The first-order chi connectivity index (χ1) is 9.88. The second-order valence-corrected chi connectivity index (χ2v) is 5.73. The maximum Gasteiger partial charge on any atom is 0.137 e. The molecule has 0 saturated carbocycles. The molecule has 0 amide bonds. The molecule has 0 aromatic carbocycles. The molecule has 116 valence electrons. The third kappa shape index (κ3) is 7.75. The van der Waals surface area contributed by atoms with E-state index in [1.54, 1.807) is 0 Å². The molecule has 0 radical (unpaired) electrons. The molecule has 4 heteroatoms. The van der Waals surface area contributed by atoms with Crippen LogP contribution in [0.3, 0.4) is 0 Å². The monoisotopic (exact) mass is 282 g/mol. The van der Waals surface area contributed by atoms with Crippen molar-refractivity contribution in [2.24, 2.45) is 0 Å². The van der Waals surface area contributed by atoms with Crippen LogP contribution in [0.15, 0.2) is 0 Å². The smallest absolute Gasteiger partial charge is 0.137 e. The highest BCUT2D eigenvalue weighted by molar-refractivity contribution is 5.57. The van der Waals surface area contributed by atoms with Gasteiger partial charge in [0.2, 0.25) is 0 Å². The molecule has 1 aliphatic heterocycles. The molecule has 1 aliphatic rings. The highest BCUT2D eigenvalue weighted by atomic mass is 16.1. The quantitative estimate of drug-likeness (QED) is 0.440. The van der Waals surface area contributed by atoms with Crippen LogP contribution in [0.25, 0.3) is 0 Å². The first-order valence-electron chi connectivity index (χ1n) is 8.22. The van der Waals surface area contributed by atoms with Gasteiger partial charge in [0.15, 0.2) is 0 Å². The fourth-order valence-corrected chi connectivity index (χ4v) is 2.88. The van der Waals surface area contributed by atoms with E-state index in [4.69, 9.17) is 0 Å². The van der Waals surface area contributed by atoms with E-state index >= 15 is 0 Å². The molecule has 1 N–H and O–H groups in total. The molecule has 0 aromatic rings. The van der Waals surface area contributed by atoms with Gasteiger partial charge in [0.1, 0.15) is 12.6 Å². The Balaban J connectivity index is 1.88. The SMILES string of the molecule is O=CCNCCCCCCCCN1CCCCC1C=O. The lowest BCUT2D eigenvalue weighted by atomic mass is 10.0. The molecule has 0 aromatic heterocycles. The number of carbonyl (C=O) groups is 2. The Labute approximate surface area is 123 Å². The Morgan fingerprint density at radius 2 is 1.75 bits per heavy atom. The minimum Gasteiger partial charge on any atom is -0.310 e. The number of aldehydes is 2. The van der Waals surface area contributed by atoms with Crippen molar-refractivity contribution in [1.29, 1.82) is 0 Å². The summed E-state index contributed by atoms with van der Waals surface area (Å²) in [6.45, 7) is 3.62. The summed E-state index contributed by atoms with van der Waals surface area (Å²) in [5.74, 6) is 0. The van der Waals surface area contributed by atoms with Crippen molar-refractivity contribution in [3.8, 4) is 0 Å². The van der Waals surface area contributed by atoms with Gasteiger partial charge in [-0.15, -0.1) is 0 Å². The van der Waals surface area contributed by atoms with Crippen LogP contribution in [0.1, 0.15) is 57.8 Å². The van der Waals surface area contributed by atoms with Gasteiger partial charge in [-0.05, 0) is 45.3 Å². The summed E-state index contributed by atoms with van der Waals surface area (Å²) in [7, 11) is 0. The molecule has 1 unspecified atom stereocenters. The Morgan fingerprint density at radius 1 is 1.00 bits per heavy atom. The molecule has 0 bridgehead atoms. The highest BCUT2D eigenvalue weighted by Gasteiger charge is 2.20. The summed E-state index contributed by atoms with van der Waals surface area (Å²) in [6, 6.07) is 0.188. The summed E-state index contributed by atoms with van der Waals surface area (Å²) in [5, 5.41) is 3.08. The fraction of sp³-hybridized carbons (Fsp3) is 0.875. The maximum atomic E-state index is 11.0. The number of nitrogens with one attached hydrogen (secondary N) is 1. The van der Waals surface area contributed by atoms with Gasteiger partial charge >= 0.3 is 0 Å². The van der Waals surface area contributed by atoms with E-state index in [9.17, 15) is 9.59 Å². The zero-order valence-electron chi connectivity index (χ0n) is 12.7. The van der Waals surface area contributed by atoms with E-state index in [2.05, 4.69) is 10.2 Å². The van der Waals surface area contributed by atoms with E-state index in [-0.39, 0.29) is 6.04 Å². The van der Waals surface area contributed by atoms with Crippen molar-refractivity contribution in [2.75, 3.05) is 26.2 Å². The number of nitrogens with zero attached hydrogens (tertiary/aromatic N) is 1. The number of hydrogen-bond donors (Lipinski definition) is 1. The topological polar surface area (TPSA) is 49.4 Å². The molecule has 1 heterocycles. The molecule has 0 spiro atoms. The van der Waals surface area contributed by atoms with Crippen molar-refractivity contribution >= 4 is 12.6 Å². The Bertz CT molecular complexity index is 259. The van der Waals surface area contributed by atoms with Crippen molar-refractivity contribution in [2.45, 2.75) is 63.8 Å². The number of hydrogen-bond acceptors (Lipinski definition) is 4. The molecule has 1 atom stereocenters. The summed E-state index contributed by atoms with van der Waals surface area (Å²) >= 11 is 0. The van der Waals surface area contributed by atoms with Crippen LogP contribution in [-0.4, -0.2) is 49.7 Å². The number of piperidine rings is 1. The summed E-state index contributed by atoms with van der Waals surface area (Å²) < 4.78 is 0. The van der Waals surface area contributed by atoms with Gasteiger partial charge in [0, 0.05) is 0 Å². The molecular formula is C16H30N2O2. The predicted octanol–water partition coefficient (Wildman–Crippen LogP) is 2.17. The zero-order chi connectivity index (χ0) is 14.5. The number of carbonyl (C=O) groups excluding carboxylic acids is 2. The minimum absolute atomic E-state index is 0.188. The van der Waals surface area contributed by atoms with Crippen LogP contribution in [-0.2, 0) is 9.59 Å². The van der Waals surface area contributed by atoms with Gasteiger partial charge in [0.05, 0.1) is 12.6 Å². The van der Waals surface area contributed by atoms with Gasteiger partial charge in [-0.2, -0.15) is 0 Å².